The first kappa shape index (κ1) is 13.2. The molecule has 0 saturated heterocycles. The Kier molecular flexibility index (Phi) is 4.05. The molecule has 1 aliphatic rings. The topological polar surface area (TPSA) is 29.9 Å². The van der Waals surface area contributed by atoms with E-state index in [4.69, 9.17) is 0 Å². The van der Waals surface area contributed by atoms with E-state index in [0.717, 1.165) is 12.5 Å². The van der Waals surface area contributed by atoms with Crippen LogP contribution in [0.4, 0.5) is 5.69 Å². The molecule has 1 aliphatic carbocycles. The van der Waals surface area contributed by atoms with Crippen LogP contribution in [0, 0.1) is 5.92 Å². The summed E-state index contributed by atoms with van der Waals surface area (Å²) in [5.41, 5.74) is 2.57. The van der Waals surface area contributed by atoms with Crippen molar-refractivity contribution >= 4 is 5.69 Å². The molecule has 0 spiro atoms. The smallest absolute Gasteiger partial charge is 0.0949 e. The van der Waals surface area contributed by atoms with Crippen molar-refractivity contribution < 1.29 is 0 Å². The fraction of sp³-hybridized carbons (Fsp3) is 0.471. The highest BCUT2D eigenvalue weighted by atomic mass is 15.0. The van der Waals surface area contributed by atoms with Gasteiger partial charge in [-0.2, -0.15) is 0 Å². The molecule has 1 heterocycles. The van der Waals surface area contributed by atoms with Crippen molar-refractivity contribution in [2.24, 2.45) is 5.92 Å². The normalized spacial score (nSPS) is 22.6. The second-order valence-corrected chi connectivity index (χ2v) is 6.05. The van der Waals surface area contributed by atoms with E-state index in [1.807, 2.05) is 18.7 Å². The van der Waals surface area contributed by atoms with Crippen molar-refractivity contribution in [1.82, 2.24) is 9.55 Å². The maximum atomic E-state index is 4.09. The third-order valence-electron chi connectivity index (χ3n) is 4.16. The van der Waals surface area contributed by atoms with Crippen LogP contribution >= 0.6 is 0 Å². The molecule has 2 aromatic rings. The van der Waals surface area contributed by atoms with Crippen LogP contribution in [-0.2, 0) is 6.54 Å². The predicted molar refractivity (Wildman–Crippen MR) is 82.8 cm³/mol. The molecule has 0 amide bonds. The van der Waals surface area contributed by atoms with Crippen LogP contribution in [0.15, 0.2) is 43.0 Å². The molecule has 1 aromatic carbocycles. The number of anilines is 1. The Morgan fingerprint density at radius 3 is 3.10 bits per heavy atom. The number of aromatic nitrogens is 2. The number of benzene rings is 1. The monoisotopic (exact) mass is 269 g/mol. The quantitative estimate of drug-likeness (QED) is 0.911. The van der Waals surface area contributed by atoms with Crippen LogP contribution < -0.4 is 5.32 Å². The molecule has 0 aliphatic heterocycles. The van der Waals surface area contributed by atoms with E-state index < -0.39 is 0 Å². The largest absolute Gasteiger partial charge is 0.382 e. The molecule has 0 bridgehead atoms. The maximum absolute atomic E-state index is 4.09. The van der Waals surface area contributed by atoms with Gasteiger partial charge in [-0.25, -0.2) is 4.98 Å². The van der Waals surface area contributed by atoms with Gasteiger partial charge in [0.05, 0.1) is 6.33 Å². The van der Waals surface area contributed by atoms with Gasteiger partial charge in [-0.3, -0.25) is 0 Å². The molecule has 1 saturated carbocycles. The number of hydrogen-bond donors (Lipinski definition) is 1. The minimum Gasteiger partial charge on any atom is -0.382 e. The predicted octanol–water partition coefficient (Wildman–Crippen LogP) is 3.92. The Labute approximate surface area is 121 Å². The molecule has 3 rings (SSSR count). The first-order valence-corrected chi connectivity index (χ1v) is 7.61. The lowest BCUT2D eigenvalue weighted by molar-refractivity contribution is 0.358. The van der Waals surface area contributed by atoms with Gasteiger partial charge in [0.2, 0.25) is 0 Å². The number of rotatable bonds is 4. The Morgan fingerprint density at radius 1 is 1.35 bits per heavy atom. The molecule has 106 valence electrons. The lowest BCUT2D eigenvalue weighted by Crippen LogP contribution is -2.26. The van der Waals surface area contributed by atoms with Gasteiger partial charge in [0.25, 0.3) is 0 Å². The van der Waals surface area contributed by atoms with E-state index in [0.29, 0.717) is 6.04 Å². The van der Waals surface area contributed by atoms with Crippen LogP contribution in [0.3, 0.4) is 0 Å². The highest BCUT2D eigenvalue weighted by Crippen LogP contribution is 2.26. The maximum Gasteiger partial charge on any atom is 0.0949 e. The average molecular weight is 269 g/mol. The van der Waals surface area contributed by atoms with E-state index in [9.17, 15) is 0 Å². The number of imidazole rings is 1. The third-order valence-corrected chi connectivity index (χ3v) is 4.16. The molecular weight excluding hydrogens is 246 g/mol. The summed E-state index contributed by atoms with van der Waals surface area (Å²) in [4.78, 5) is 4.09. The first-order chi connectivity index (χ1) is 9.79. The molecule has 2 unspecified atom stereocenters. The van der Waals surface area contributed by atoms with Gasteiger partial charge in [0.15, 0.2) is 0 Å². The van der Waals surface area contributed by atoms with E-state index >= 15 is 0 Å². The Morgan fingerprint density at radius 2 is 2.30 bits per heavy atom. The van der Waals surface area contributed by atoms with Crippen molar-refractivity contribution in [3.63, 3.8) is 0 Å². The van der Waals surface area contributed by atoms with E-state index in [-0.39, 0.29) is 0 Å². The second-order valence-electron chi connectivity index (χ2n) is 6.05. The van der Waals surface area contributed by atoms with Gasteiger partial charge in [-0.15, -0.1) is 0 Å². The number of hydrogen-bond acceptors (Lipinski definition) is 2. The zero-order valence-electron chi connectivity index (χ0n) is 12.1. The summed E-state index contributed by atoms with van der Waals surface area (Å²) in [6.45, 7) is 3.25. The molecular formula is C17H23N3. The summed E-state index contributed by atoms with van der Waals surface area (Å²) in [5.74, 6) is 0.857. The zero-order valence-corrected chi connectivity index (χ0v) is 12.1. The average Bonchev–Trinajstić information content (AvgIpc) is 2.92. The lowest BCUT2D eigenvalue weighted by Gasteiger charge is -2.28. The van der Waals surface area contributed by atoms with Crippen molar-refractivity contribution in [2.75, 3.05) is 5.32 Å². The highest BCUT2D eigenvalue weighted by molar-refractivity contribution is 5.46. The zero-order chi connectivity index (χ0) is 13.8. The summed E-state index contributed by atoms with van der Waals surface area (Å²) in [6, 6.07) is 9.40. The van der Waals surface area contributed by atoms with Crippen molar-refractivity contribution in [3.05, 3.63) is 48.5 Å². The summed E-state index contributed by atoms with van der Waals surface area (Å²) < 4.78 is 2.10. The minimum atomic E-state index is 0.641. The second kappa shape index (κ2) is 6.12. The number of nitrogens with one attached hydrogen (secondary N) is 1. The molecule has 1 N–H and O–H groups in total. The Hall–Kier alpha value is -1.77. The van der Waals surface area contributed by atoms with Crippen molar-refractivity contribution in [1.29, 1.82) is 0 Å². The summed E-state index contributed by atoms with van der Waals surface area (Å²) in [7, 11) is 0. The third kappa shape index (κ3) is 3.41. The van der Waals surface area contributed by atoms with Crippen LogP contribution in [0.5, 0.6) is 0 Å². The van der Waals surface area contributed by atoms with Gasteiger partial charge >= 0.3 is 0 Å². The van der Waals surface area contributed by atoms with Gasteiger partial charge in [0.1, 0.15) is 0 Å². The molecule has 1 aromatic heterocycles. The van der Waals surface area contributed by atoms with Gasteiger partial charge < -0.3 is 9.88 Å². The summed E-state index contributed by atoms with van der Waals surface area (Å²) in [6.07, 6.45) is 11.0. The standard InChI is InChI=1S/C17H23N3/c1-14-4-2-6-16(10-14)19-17-7-3-5-15(11-17)12-20-9-8-18-13-20/h3,5,7-9,11,13-14,16,19H,2,4,6,10,12H2,1H3. The van der Waals surface area contributed by atoms with Crippen LogP contribution in [0.25, 0.3) is 0 Å². The molecule has 3 heteroatoms. The molecule has 1 fully saturated rings. The van der Waals surface area contributed by atoms with Gasteiger partial charge in [-0.05, 0) is 36.5 Å². The minimum absolute atomic E-state index is 0.641. The van der Waals surface area contributed by atoms with E-state index in [1.54, 1.807) is 0 Å². The fourth-order valence-electron chi connectivity index (χ4n) is 3.15. The van der Waals surface area contributed by atoms with Crippen molar-refractivity contribution in [3.8, 4) is 0 Å². The Bertz CT molecular complexity index is 533. The summed E-state index contributed by atoms with van der Waals surface area (Å²) >= 11 is 0. The van der Waals surface area contributed by atoms with Crippen LogP contribution in [0.2, 0.25) is 0 Å². The summed E-state index contributed by atoms with van der Waals surface area (Å²) in [5, 5.41) is 3.71. The lowest BCUT2D eigenvalue weighted by atomic mass is 9.87. The molecule has 20 heavy (non-hydrogen) atoms. The van der Waals surface area contributed by atoms with Crippen LogP contribution in [-0.4, -0.2) is 15.6 Å². The SMILES string of the molecule is CC1CCCC(Nc2cccc(Cn3ccnc3)c2)C1. The molecule has 0 radical (unpaired) electrons. The van der Waals surface area contributed by atoms with E-state index in [1.165, 1.54) is 36.9 Å². The highest BCUT2D eigenvalue weighted by Gasteiger charge is 2.18. The fourth-order valence-corrected chi connectivity index (χ4v) is 3.15. The van der Waals surface area contributed by atoms with Crippen molar-refractivity contribution in [2.45, 2.75) is 45.2 Å². The number of nitrogens with zero attached hydrogens (tertiary/aromatic N) is 2. The first-order valence-electron chi connectivity index (χ1n) is 7.61. The van der Waals surface area contributed by atoms with Gasteiger partial charge in [0, 0.05) is 30.7 Å². The Balaban J connectivity index is 1.65. The van der Waals surface area contributed by atoms with E-state index in [2.05, 4.69) is 46.1 Å². The van der Waals surface area contributed by atoms with Crippen LogP contribution in [0.1, 0.15) is 38.2 Å². The molecule has 2 atom stereocenters. The molecule has 3 nitrogen and oxygen atoms in total. The van der Waals surface area contributed by atoms with Gasteiger partial charge in [-0.1, -0.05) is 31.9 Å².